The highest BCUT2D eigenvalue weighted by molar-refractivity contribution is 7.15. The molecule has 1 aromatic heterocycles. The molecule has 1 fully saturated rings. The molecule has 1 saturated heterocycles. The van der Waals surface area contributed by atoms with Gasteiger partial charge in [-0.3, -0.25) is 4.90 Å². The molecule has 0 saturated carbocycles. The molecule has 0 unspecified atom stereocenters. The molecule has 1 aliphatic rings. The van der Waals surface area contributed by atoms with Crippen LogP contribution in [0.5, 0.6) is 0 Å². The number of nitrogens with two attached hydrogens (primary N) is 1. The van der Waals surface area contributed by atoms with Gasteiger partial charge in [-0.15, -0.1) is 10.2 Å². The minimum absolute atomic E-state index is 0.243. The molecule has 0 spiro atoms. The highest BCUT2D eigenvalue weighted by Gasteiger charge is 2.34. The maximum absolute atomic E-state index is 8.84. The largest absolute Gasteiger partial charge is 0.409 e. The third kappa shape index (κ3) is 2.79. The Morgan fingerprint density at radius 3 is 2.42 bits per heavy atom. The average Bonchev–Trinajstić information content (AvgIpc) is 2.84. The number of aromatic nitrogens is 2. The van der Waals surface area contributed by atoms with E-state index in [0.29, 0.717) is 0 Å². The van der Waals surface area contributed by atoms with Crippen LogP contribution in [0.15, 0.2) is 5.16 Å². The van der Waals surface area contributed by atoms with Crippen molar-refractivity contribution in [2.75, 3.05) is 31.1 Å². The van der Waals surface area contributed by atoms with Crippen LogP contribution in [0.1, 0.15) is 18.9 Å². The first-order valence-corrected chi connectivity index (χ1v) is 7.05. The van der Waals surface area contributed by atoms with E-state index in [1.807, 2.05) is 20.8 Å². The Kier molecular flexibility index (Phi) is 3.91. The molecule has 2 rings (SSSR count). The topological polar surface area (TPSA) is 90.9 Å². The van der Waals surface area contributed by atoms with Gasteiger partial charge in [0.1, 0.15) is 5.01 Å². The summed E-state index contributed by atoms with van der Waals surface area (Å²) in [5.74, 6) is 0.243. The second-order valence-electron chi connectivity index (χ2n) is 5.12. The molecule has 0 aromatic carbocycles. The van der Waals surface area contributed by atoms with E-state index < -0.39 is 5.54 Å². The van der Waals surface area contributed by atoms with E-state index >= 15 is 0 Å². The van der Waals surface area contributed by atoms with E-state index in [4.69, 9.17) is 10.9 Å². The summed E-state index contributed by atoms with van der Waals surface area (Å²) in [6.45, 7) is 9.33. The molecule has 3 N–H and O–H groups in total. The van der Waals surface area contributed by atoms with Gasteiger partial charge in [0.05, 0.1) is 5.54 Å². The van der Waals surface area contributed by atoms with Crippen LogP contribution in [0.2, 0.25) is 0 Å². The van der Waals surface area contributed by atoms with Crippen molar-refractivity contribution in [2.24, 2.45) is 10.9 Å². The van der Waals surface area contributed by atoms with Gasteiger partial charge in [0.15, 0.2) is 5.84 Å². The van der Waals surface area contributed by atoms with Crippen LogP contribution in [-0.2, 0) is 0 Å². The molecule has 7 nitrogen and oxygen atoms in total. The fourth-order valence-electron chi connectivity index (χ4n) is 2.16. The van der Waals surface area contributed by atoms with Crippen molar-refractivity contribution in [1.29, 1.82) is 0 Å². The lowest BCUT2D eigenvalue weighted by molar-refractivity contribution is 0.161. The number of rotatable bonds is 3. The molecule has 2 heterocycles. The van der Waals surface area contributed by atoms with Gasteiger partial charge in [0, 0.05) is 26.2 Å². The monoisotopic (exact) mass is 284 g/mol. The lowest BCUT2D eigenvalue weighted by Crippen LogP contribution is -2.59. The number of nitrogens with zero attached hydrogens (tertiary/aromatic N) is 5. The Bertz CT molecular complexity index is 464. The van der Waals surface area contributed by atoms with Crippen LogP contribution >= 0.6 is 11.3 Å². The maximum Gasteiger partial charge on any atom is 0.208 e. The quantitative estimate of drug-likeness (QED) is 0.363. The third-order valence-electron chi connectivity index (χ3n) is 3.59. The molecule has 0 atom stereocenters. The highest BCUT2D eigenvalue weighted by atomic mass is 32.1. The summed E-state index contributed by atoms with van der Waals surface area (Å²) >= 11 is 1.61. The predicted octanol–water partition coefficient (Wildman–Crippen LogP) is 0.494. The number of hydrogen-bond acceptors (Lipinski definition) is 7. The van der Waals surface area contributed by atoms with Crippen molar-refractivity contribution in [3.63, 3.8) is 0 Å². The third-order valence-corrected chi connectivity index (χ3v) is 4.49. The van der Waals surface area contributed by atoms with Crippen molar-refractivity contribution in [1.82, 2.24) is 15.1 Å². The number of anilines is 1. The number of aryl methyl sites for hydroxylation is 1. The van der Waals surface area contributed by atoms with Gasteiger partial charge in [-0.05, 0) is 20.8 Å². The number of hydrogen-bond donors (Lipinski definition) is 2. The molecular weight excluding hydrogens is 264 g/mol. The zero-order valence-electron chi connectivity index (χ0n) is 11.5. The van der Waals surface area contributed by atoms with Crippen LogP contribution in [0.4, 0.5) is 5.13 Å². The normalized spacial score (nSPS) is 18.9. The summed E-state index contributed by atoms with van der Waals surface area (Å²) in [6, 6.07) is 0. The first kappa shape index (κ1) is 14.0. The second kappa shape index (κ2) is 5.30. The van der Waals surface area contributed by atoms with Gasteiger partial charge >= 0.3 is 0 Å². The van der Waals surface area contributed by atoms with Crippen molar-refractivity contribution >= 4 is 22.3 Å². The zero-order chi connectivity index (χ0) is 14.0. The fraction of sp³-hybridized carbons (Fsp3) is 0.727. The van der Waals surface area contributed by atoms with E-state index in [1.165, 1.54) is 0 Å². The molecule has 0 amide bonds. The second-order valence-corrected chi connectivity index (χ2v) is 6.28. The summed E-state index contributed by atoms with van der Waals surface area (Å²) < 4.78 is 0. The summed E-state index contributed by atoms with van der Waals surface area (Å²) in [7, 11) is 0. The van der Waals surface area contributed by atoms with Gasteiger partial charge in [-0.25, -0.2) is 0 Å². The SMILES string of the molecule is Cc1nnc(N2CCN(C(C)(C)C(N)=NO)CC2)s1. The van der Waals surface area contributed by atoms with Gasteiger partial charge in [0.25, 0.3) is 0 Å². The van der Waals surface area contributed by atoms with Gasteiger partial charge in [0.2, 0.25) is 5.13 Å². The standard InChI is InChI=1S/C11H20N6OS/c1-8-13-14-10(19-8)16-4-6-17(7-5-16)11(2,3)9(12)15-18/h18H,4-7H2,1-3H3,(H2,12,15). The predicted molar refractivity (Wildman–Crippen MR) is 75.9 cm³/mol. The molecular formula is C11H20N6OS. The zero-order valence-corrected chi connectivity index (χ0v) is 12.3. The lowest BCUT2D eigenvalue weighted by atomic mass is 10.0. The van der Waals surface area contributed by atoms with Gasteiger partial charge < -0.3 is 15.8 Å². The summed E-state index contributed by atoms with van der Waals surface area (Å²) in [5, 5.41) is 22.1. The minimum atomic E-state index is -0.433. The molecule has 19 heavy (non-hydrogen) atoms. The fourth-order valence-corrected chi connectivity index (χ4v) is 2.89. The van der Waals surface area contributed by atoms with Crippen LogP contribution in [0.25, 0.3) is 0 Å². The van der Waals surface area contributed by atoms with Crippen molar-refractivity contribution in [3.05, 3.63) is 5.01 Å². The minimum Gasteiger partial charge on any atom is -0.409 e. The lowest BCUT2D eigenvalue weighted by Gasteiger charge is -2.43. The van der Waals surface area contributed by atoms with Gasteiger partial charge in [-0.2, -0.15) is 0 Å². The Balaban J connectivity index is 1.99. The van der Waals surface area contributed by atoms with E-state index in [0.717, 1.165) is 36.3 Å². The first-order chi connectivity index (χ1) is 8.95. The van der Waals surface area contributed by atoms with Crippen LogP contribution in [0, 0.1) is 6.92 Å². The average molecular weight is 284 g/mol. The van der Waals surface area contributed by atoms with Crippen LogP contribution in [-0.4, -0.2) is 57.9 Å². The van der Waals surface area contributed by atoms with Crippen LogP contribution < -0.4 is 10.6 Å². The Hall–Kier alpha value is -1.41. The van der Waals surface area contributed by atoms with E-state index in [-0.39, 0.29) is 5.84 Å². The molecule has 0 radical (unpaired) electrons. The van der Waals surface area contributed by atoms with E-state index in [2.05, 4.69) is 25.2 Å². The smallest absolute Gasteiger partial charge is 0.208 e. The summed E-state index contributed by atoms with van der Waals surface area (Å²) in [5.41, 5.74) is 5.32. The number of amidine groups is 1. The Labute approximate surface area is 116 Å². The molecule has 0 aliphatic carbocycles. The Morgan fingerprint density at radius 2 is 1.95 bits per heavy atom. The molecule has 106 valence electrons. The number of oxime groups is 1. The highest BCUT2D eigenvalue weighted by Crippen LogP contribution is 2.23. The van der Waals surface area contributed by atoms with Crippen molar-refractivity contribution < 1.29 is 5.21 Å². The molecule has 8 heteroatoms. The molecule has 1 aliphatic heterocycles. The van der Waals surface area contributed by atoms with Crippen molar-refractivity contribution in [2.45, 2.75) is 26.3 Å². The number of piperazine rings is 1. The molecule has 1 aromatic rings. The Morgan fingerprint density at radius 1 is 1.32 bits per heavy atom. The maximum atomic E-state index is 8.84. The van der Waals surface area contributed by atoms with E-state index in [1.54, 1.807) is 11.3 Å². The molecule has 0 bridgehead atoms. The summed E-state index contributed by atoms with van der Waals surface area (Å²) in [4.78, 5) is 4.44. The van der Waals surface area contributed by atoms with Crippen LogP contribution in [0.3, 0.4) is 0 Å². The van der Waals surface area contributed by atoms with Gasteiger partial charge in [-0.1, -0.05) is 16.5 Å². The van der Waals surface area contributed by atoms with Crippen molar-refractivity contribution in [3.8, 4) is 0 Å². The summed E-state index contributed by atoms with van der Waals surface area (Å²) in [6.07, 6.45) is 0. The first-order valence-electron chi connectivity index (χ1n) is 6.23. The van der Waals surface area contributed by atoms with E-state index in [9.17, 15) is 0 Å².